The second-order valence-electron chi connectivity index (χ2n) is 5.93. The predicted octanol–water partition coefficient (Wildman–Crippen LogP) is 2.26. The van der Waals surface area contributed by atoms with E-state index in [0.717, 1.165) is 12.8 Å². The largest absolute Gasteiger partial charge is 0.477 e. The molecule has 0 spiro atoms. The van der Waals surface area contributed by atoms with Gasteiger partial charge in [0.25, 0.3) is 0 Å². The number of carbonyl (C=O) groups excluding carboxylic acids is 1. The lowest BCUT2D eigenvalue weighted by atomic mass is 9.96. The highest BCUT2D eigenvalue weighted by molar-refractivity contribution is 5.97. The minimum Gasteiger partial charge on any atom is -0.477 e. The van der Waals surface area contributed by atoms with Crippen molar-refractivity contribution in [3.8, 4) is 0 Å². The van der Waals surface area contributed by atoms with Crippen LogP contribution in [-0.4, -0.2) is 46.0 Å². The molecule has 1 heterocycles. The zero-order valence-electron chi connectivity index (χ0n) is 12.3. The highest BCUT2D eigenvalue weighted by Crippen LogP contribution is 2.35. The van der Waals surface area contributed by atoms with Gasteiger partial charge in [0.15, 0.2) is 5.78 Å². The van der Waals surface area contributed by atoms with Gasteiger partial charge in [-0.05, 0) is 39.9 Å². The fourth-order valence-electron chi connectivity index (χ4n) is 3.11. The molecule has 5 heteroatoms. The Bertz CT molecular complexity index is 525. The molecule has 0 aliphatic heterocycles. The van der Waals surface area contributed by atoms with Gasteiger partial charge >= 0.3 is 5.97 Å². The molecule has 0 amide bonds. The molecule has 1 aromatic rings. The van der Waals surface area contributed by atoms with Crippen LogP contribution in [0.3, 0.4) is 0 Å². The van der Waals surface area contributed by atoms with Crippen molar-refractivity contribution in [2.75, 3.05) is 14.1 Å². The highest BCUT2D eigenvalue weighted by Gasteiger charge is 2.37. The summed E-state index contributed by atoms with van der Waals surface area (Å²) in [5.41, 5.74) is 0.662. The Morgan fingerprint density at radius 2 is 1.95 bits per heavy atom. The minimum absolute atomic E-state index is 0.00270. The molecule has 2 rings (SSSR count). The smallest absolute Gasteiger partial charge is 0.352 e. The van der Waals surface area contributed by atoms with Crippen LogP contribution in [0, 0.1) is 0 Å². The second kappa shape index (κ2) is 5.40. The van der Waals surface area contributed by atoms with E-state index in [-0.39, 0.29) is 17.0 Å². The van der Waals surface area contributed by atoms with Gasteiger partial charge in [-0.25, -0.2) is 4.79 Å². The van der Waals surface area contributed by atoms with E-state index in [4.69, 9.17) is 0 Å². The van der Waals surface area contributed by atoms with Crippen molar-refractivity contribution in [2.45, 2.75) is 44.7 Å². The average Bonchev–Trinajstić information content (AvgIpc) is 2.96. The van der Waals surface area contributed by atoms with Crippen LogP contribution >= 0.6 is 0 Å². The maximum atomic E-state index is 11.5. The summed E-state index contributed by atoms with van der Waals surface area (Å²) < 4.78 is 1.73. The van der Waals surface area contributed by atoms with Gasteiger partial charge in [0.1, 0.15) is 5.69 Å². The molecule has 0 saturated heterocycles. The highest BCUT2D eigenvalue weighted by atomic mass is 16.4. The number of carbonyl (C=O) groups is 2. The van der Waals surface area contributed by atoms with Gasteiger partial charge in [-0.15, -0.1) is 0 Å². The quantitative estimate of drug-likeness (QED) is 0.839. The van der Waals surface area contributed by atoms with Crippen LogP contribution in [0.5, 0.6) is 0 Å². The van der Waals surface area contributed by atoms with E-state index in [2.05, 4.69) is 4.90 Å². The molecular formula is C15H22N2O3. The number of ketones is 1. The maximum Gasteiger partial charge on any atom is 0.352 e. The summed E-state index contributed by atoms with van der Waals surface area (Å²) in [6.45, 7) is 2.08. The number of carboxylic acids is 1. The second-order valence-corrected chi connectivity index (χ2v) is 5.93. The first-order valence-corrected chi connectivity index (χ1v) is 6.97. The summed E-state index contributed by atoms with van der Waals surface area (Å²) in [5.74, 6) is -1.08. The molecule has 110 valence electrons. The van der Waals surface area contributed by atoms with Crippen LogP contribution in [0.1, 0.15) is 53.5 Å². The Balaban J connectivity index is 2.36. The molecular weight excluding hydrogens is 256 g/mol. The summed E-state index contributed by atoms with van der Waals surface area (Å²) in [7, 11) is 4.09. The normalized spacial score (nSPS) is 17.6. The van der Waals surface area contributed by atoms with Crippen molar-refractivity contribution < 1.29 is 14.7 Å². The van der Waals surface area contributed by atoms with E-state index in [1.54, 1.807) is 10.8 Å². The van der Waals surface area contributed by atoms with Crippen molar-refractivity contribution in [2.24, 2.45) is 0 Å². The number of aromatic nitrogens is 1. The van der Waals surface area contributed by atoms with Crippen LogP contribution in [0.25, 0.3) is 0 Å². The summed E-state index contributed by atoms with van der Waals surface area (Å²) in [5, 5.41) is 9.31. The summed E-state index contributed by atoms with van der Waals surface area (Å²) >= 11 is 0. The third kappa shape index (κ3) is 2.63. The third-order valence-electron chi connectivity index (χ3n) is 4.47. The Kier molecular flexibility index (Phi) is 3.99. The van der Waals surface area contributed by atoms with E-state index in [1.165, 1.54) is 25.8 Å². The predicted molar refractivity (Wildman–Crippen MR) is 76.3 cm³/mol. The van der Waals surface area contributed by atoms with Gasteiger partial charge in [0.05, 0.1) is 0 Å². The maximum absolute atomic E-state index is 11.5. The lowest BCUT2D eigenvalue weighted by Gasteiger charge is -2.37. The van der Waals surface area contributed by atoms with Crippen molar-refractivity contribution in [1.82, 2.24) is 9.47 Å². The summed E-state index contributed by atoms with van der Waals surface area (Å²) in [6.07, 6.45) is 6.14. The molecule has 1 aliphatic carbocycles. The van der Waals surface area contributed by atoms with Gasteiger partial charge in [-0.3, -0.25) is 4.79 Å². The number of aromatic carboxylic acids is 1. The van der Waals surface area contributed by atoms with E-state index >= 15 is 0 Å². The number of hydrogen-bond acceptors (Lipinski definition) is 3. The molecule has 0 atom stereocenters. The first kappa shape index (κ1) is 14.8. The number of likely N-dealkylation sites (N-methyl/N-ethyl adjacent to an activating group) is 1. The Hall–Kier alpha value is -1.62. The lowest BCUT2D eigenvalue weighted by molar-refractivity contribution is 0.0675. The van der Waals surface area contributed by atoms with Crippen LogP contribution < -0.4 is 0 Å². The van der Waals surface area contributed by atoms with Crippen molar-refractivity contribution >= 4 is 11.8 Å². The van der Waals surface area contributed by atoms with Crippen molar-refractivity contribution in [3.63, 3.8) is 0 Å². The molecule has 0 aromatic carbocycles. The Morgan fingerprint density at radius 3 is 2.40 bits per heavy atom. The number of nitrogens with zero attached hydrogens (tertiary/aromatic N) is 2. The van der Waals surface area contributed by atoms with Crippen molar-refractivity contribution in [1.29, 1.82) is 0 Å². The molecule has 0 radical (unpaired) electrons. The lowest BCUT2D eigenvalue weighted by Crippen LogP contribution is -2.45. The number of hydrogen-bond donors (Lipinski definition) is 1. The Morgan fingerprint density at radius 1 is 1.35 bits per heavy atom. The Labute approximate surface area is 119 Å². The number of carboxylic acid groups (broad SMARTS) is 1. The van der Waals surface area contributed by atoms with Gasteiger partial charge in [-0.1, -0.05) is 12.8 Å². The molecule has 1 saturated carbocycles. The van der Waals surface area contributed by atoms with Crippen LogP contribution in [-0.2, 0) is 6.54 Å². The minimum atomic E-state index is -0.982. The van der Waals surface area contributed by atoms with Gasteiger partial charge in [0, 0.05) is 23.8 Å². The molecule has 1 N–H and O–H groups in total. The first-order valence-electron chi connectivity index (χ1n) is 6.97. The van der Waals surface area contributed by atoms with Crippen LogP contribution in [0.4, 0.5) is 0 Å². The van der Waals surface area contributed by atoms with E-state index in [0.29, 0.717) is 12.1 Å². The topological polar surface area (TPSA) is 62.5 Å². The standard InChI is InChI=1S/C15H22N2O3/c1-11(18)12-8-13(14(19)20)17(9-12)10-15(16(2)3)6-4-5-7-15/h8-9H,4-7,10H2,1-3H3,(H,19,20). The fraction of sp³-hybridized carbons (Fsp3) is 0.600. The number of rotatable bonds is 5. The third-order valence-corrected chi connectivity index (χ3v) is 4.47. The van der Waals surface area contributed by atoms with Crippen LogP contribution in [0.2, 0.25) is 0 Å². The molecule has 20 heavy (non-hydrogen) atoms. The molecule has 5 nitrogen and oxygen atoms in total. The van der Waals surface area contributed by atoms with E-state index in [1.807, 2.05) is 14.1 Å². The number of Topliss-reactive ketones (excluding diaryl/α,β-unsaturated/α-hetero) is 1. The zero-order chi connectivity index (χ0) is 14.9. The van der Waals surface area contributed by atoms with E-state index < -0.39 is 5.97 Å². The molecule has 0 unspecified atom stereocenters. The van der Waals surface area contributed by atoms with Crippen LogP contribution in [0.15, 0.2) is 12.3 Å². The zero-order valence-corrected chi connectivity index (χ0v) is 12.3. The monoisotopic (exact) mass is 278 g/mol. The first-order chi connectivity index (χ1) is 9.35. The summed E-state index contributed by atoms with van der Waals surface area (Å²) in [6, 6.07) is 1.48. The average molecular weight is 278 g/mol. The fourth-order valence-corrected chi connectivity index (χ4v) is 3.11. The van der Waals surface area contributed by atoms with Gasteiger partial charge in [-0.2, -0.15) is 0 Å². The molecule has 1 aromatic heterocycles. The van der Waals surface area contributed by atoms with Crippen molar-refractivity contribution in [3.05, 3.63) is 23.5 Å². The molecule has 0 bridgehead atoms. The molecule has 1 aliphatic rings. The van der Waals surface area contributed by atoms with Gasteiger partial charge in [0.2, 0.25) is 0 Å². The van der Waals surface area contributed by atoms with E-state index in [9.17, 15) is 14.7 Å². The summed E-state index contributed by atoms with van der Waals surface area (Å²) in [4.78, 5) is 25.0. The SMILES string of the molecule is CC(=O)c1cc(C(=O)O)n(CC2(N(C)C)CCCC2)c1. The van der Waals surface area contributed by atoms with Gasteiger partial charge < -0.3 is 14.6 Å². The molecule has 1 fully saturated rings.